The molecule has 4 nitrogen and oxygen atoms in total. The fourth-order valence-electron chi connectivity index (χ4n) is 3.20. The fourth-order valence-corrected chi connectivity index (χ4v) is 3.20. The predicted molar refractivity (Wildman–Crippen MR) is 84.4 cm³/mol. The molecule has 2 aliphatic rings. The van der Waals surface area contributed by atoms with Crippen LogP contribution in [0.25, 0.3) is 0 Å². The van der Waals surface area contributed by atoms with E-state index in [1.54, 1.807) is 0 Å². The Morgan fingerprint density at radius 3 is 2.71 bits per heavy atom. The van der Waals surface area contributed by atoms with Crippen LogP contribution in [0.15, 0.2) is 42.7 Å². The summed E-state index contributed by atoms with van der Waals surface area (Å²) >= 11 is 0. The zero-order valence-corrected chi connectivity index (χ0v) is 12.3. The van der Waals surface area contributed by atoms with Crippen LogP contribution in [0, 0.1) is 0 Å². The first-order valence-electron chi connectivity index (χ1n) is 7.94. The smallest absolute Gasteiger partial charge is 0.0659 e. The predicted octanol–water partition coefficient (Wildman–Crippen LogP) is 2.58. The number of likely N-dealkylation sites (tertiary alicyclic amines) is 1. The molecule has 1 aliphatic carbocycles. The first-order chi connectivity index (χ1) is 10.4. The van der Waals surface area contributed by atoms with E-state index in [0.29, 0.717) is 6.04 Å². The Balaban J connectivity index is 1.33. The molecule has 2 heterocycles. The average molecular weight is 282 g/mol. The second-order valence-electron chi connectivity index (χ2n) is 6.26. The molecule has 110 valence electrons. The quantitative estimate of drug-likeness (QED) is 0.915. The van der Waals surface area contributed by atoms with E-state index < -0.39 is 0 Å². The van der Waals surface area contributed by atoms with Crippen LogP contribution in [0.5, 0.6) is 0 Å². The van der Waals surface area contributed by atoms with E-state index >= 15 is 0 Å². The molecule has 1 aromatic carbocycles. The van der Waals surface area contributed by atoms with Crippen LogP contribution < -0.4 is 5.32 Å². The molecule has 1 aliphatic heterocycles. The van der Waals surface area contributed by atoms with Crippen molar-refractivity contribution in [2.75, 3.05) is 18.4 Å². The highest BCUT2D eigenvalue weighted by Crippen LogP contribution is 2.30. The number of nitrogens with zero attached hydrogens (tertiary/aromatic N) is 3. The van der Waals surface area contributed by atoms with Crippen molar-refractivity contribution in [1.29, 1.82) is 0 Å². The third-order valence-electron chi connectivity index (χ3n) is 4.51. The van der Waals surface area contributed by atoms with Crippen LogP contribution in [0.1, 0.15) is 24.8 Å². The van der Waals surface area contributed by atoms with E-state index in [1.165, 1.54) is 43.6 Å². The molecular weight excluding hydrogens is 260 g/mol. The minimum atomic E-state index is 0.613. The largest absolute Gasteiger partial charge is 0.381 e. The van der Waals surface area contributed by atoms with Gasteiger partial charge in [0.1, 0.15) is 0 Å². The maximum Gasteiger partial charge on any atom is 0.0659 e. The molecule has 1 N–H and O–H groups in total. The van der Waals surface area contributed by atoms with Gasteiger partial charge in [-0.25, -0.2) is 0 Å². The van der Waals surface area contributed by atoms with Crippen molar-refractivity contribution in [3.05, 3.63) is 48.3 Å². The summed E-state index contributed by atoms with van der Waals surface area (Å²) in [5.41, 5.74) is 2.53. The van der Waals surface area contributed by atoms with Gasteiger partial charge in [-0.05, 0) is 43.0 Å². The van der Waals surface area contributed by atoms with Gasteiger partial charge in [0.15, 0.2) is 0 Å². The van der Waals surface area contributed by atoms with Gasteiger partial charge in [-0.3, -0.25) is 9.58 Å². The van der Waals surface area contributed by atoms with E-state index in [-0.39, 0.29) is 0 Å². The van der Waals surface area contributed by atoms with Gasteiger partial charge < -0.3 is 5.32 Å². The van der Waals surface area contributed by atoms with Gasteiger partial charge in [0.25, 0.3) is 0 Å². The second-order valence-corrected chi connectivity index (χ2v) is 6.26. The fraction of sp³-hybridized carbons (Fsp3) is 0.471. The van der Waals surface area contributed by atoms with E-state index in [0.717, 1.165) is 12.6 Å². The molecule has 2 aromatic rings. The lowest BCUT2D eigenvalue weighted by Gasteiger charge is -2.17. The zero-order valence-electron chi connectivity index (χ0n) is 12.3. The summed E-state index contributed by atoms with van der Waals surface area (Å²) in [5, 5.41) is 7.92. The molecule has 0 spiro atoms. The average Bonchev–Trinajstić information content (AvgIpc) is 3.03. The van der Waals surface area contributed by atoms with Crippen LogP contribution in [-0.2, 0) is 6.54 Å². The van der Waals surface area contributed by atoms with Crippen molar-refractivity contribution >= 4 is 5.69 Å². The van der Waals surface area contributed by atoms with Crippen molar-refractivity contribution in [1.82, 2.24) is 14.7 Å². The maximum atomic E-state index is 4.24. The summed E-state index contributed by atoms with van der Waals surface area (Å²) in [5.74, 6) is 0. The van der Waals surface area contributed by atoms with Gasteiger partial charge in [0.2, 0.25) is 0 Å². The molecule has 1 aromatic heterocycles. The molecule has 0 bridgehead atoms. The number of rotatable bonds is 5. The van der Waals surface area contributed by atoms with Crippen molar-refractivity contribution in [3.8, 4) is 0 Å². The SMILES string of the molecule is c1cnn(Cc2ccc(NC3CCN(C4CC4)C3)cc2)c1. The van der Waals surface area contributed by atoms with Gasteiger partial charge in [-0.1, -0.05) is 12.1 Å². The number of hydrogen-bond donors (Lipinski definition) is 1. The van der Waals surface area contributed by atoms with Crippen LogP contribution in [0.4, 0.5) is 5.69 Å². The molecule has 4 heteroatoms. The number of nitrogens with one attached hydrogen (secondary N) is 1. The van der Waals surface area contributed by atoms with Crippen LogP contribution in [0.3, 0.4) is 0 Å². The molecule has 4 rings (SSSR count). The van der Waals surface area contributed by atoms with Crippen molar-refractivity contribution in [2.45, 2.75) is 37.9 Å². The van der Waals surface area contributed by atoms with E-state index in [9.17, 15) is 0 Å². The Hall–Kier alpha value is -1.81. The molecule has 1 atom stereocenters. The first kappa shape index (κ1) is 12.9. The van der Waals surface area contributed by atoms with Gasteiger partial charge in [-0.2, -0.15) is 5.10 Å². The van der Waals surface area contributed by atoms with Gasteiger partial charge in [0.05, 0.1) is 6.54 Å². The number of anilines is 1. The Kier molecular flexibility index (Phi) is 3.39. The first-order valence-corrected chi connectivity index (χ1v) is 7.94. The summed E-state index contributed by atoms with van der Waals surface area (Å²) in [6.45, 7) is 3.31. The zero-order chi connectivity index (χ0) is 14.1. The normalized spacial score (nSPS) is 22.6. The highest BCUT2D eigenvalue weighted by Gasteiger charge is 2.34. The van der Waals surface area contributed by atoms with Crippen LogP contribution in [0.2, 0.25) is 0 Å². The summed E-state index contributed by atoms with van der Waals surface area (Å²) < 4.78 is 1.95. The standard InChI is InChI=1S/C17H22N4/c1-9-18-21(10-1)12-14-2-4-15(5-3-14)19-16-8-11-20(13-16)17-6-7-17/h1-5,9-10,16-17,19H,6-8,11-13H2. The number of aromatic nitrogens is 2. The van der Waals surface area contributed by atoms with Crippen LogP contribution >= 0.6 is 0 Å². The van der Waals surface area contributed by atoms with Crippen molar-refractivity contribution in [3.63, 3.8) is 0 Å². The molecule has 1 saturated carbocycles. The lowest BCUT2D eigenvalue weighted by molar-refractivity contribution is 0.326. The number of benzene rings is 1. The molecule has 0 radical (unpaired) electrons. The summed E-state index contributed by atoms with van der Waals surface area (Å²) in [6.07, 6.45) is 7.91. The maximum absolute atomic E-state index is 4.24. The third-order valence-corrected chi connectivity index (χ3v) is 4.51. The topological polar surface area (TPSA) is 33.1 Å². The van der Waals surface area contributed by atoms with E-state index in [1.807, 2.05) is 23.1 Å². The highest BCUT2D eigenvalue weighted by atomic mass is 15.3. The number of hydrogen-bond acceptors (Lipinski definition) is 3. The molecule has 0 amide bonds. The summed E-state index contributed by atoms with van der Waals surface area (Å²) in [6, 6.07) is 12.2. The molecule has 21 heavy (non-hydrogen) atoms. The minimum Gasteiger partial charge on any atom is -0.381 e. The molecule has 1 saturated heterocycles. The monoisotopic (exact) mass is 282 g/mol. The molecule has 2 fully saturated rings. The van der Waals surface area contributed by atoms with Gasteiger partial charge >= 0.3 is 0 Å². The van der Waals surface area contributed by atoms with Gasteiger partial charge in [-0.15, -0.1) is 0 Å². The summed E-state index contributed by atoms with van der Waals surface area (Å²) in [4.78, 5) is 2.64. The van der Waals surface area contributed by atoms with E-state index in [4.69, 9.17) is 0 Å². The Bertz CT molecular complexity index is 571. The minimum absolute atomic E-state index is 0.613. The Labute approximate surface area is 125 Å². The van der Waals surface area contributed by atoms with Crippen molar-refractivity contribution in [2.24, 2.45) is 0 Å². The van der Waals surface area contributed by atoms with Gasteiger partial charge in [0, 0.05) is 43.3 Å². The van der Waals surface area contributed by atoms with Crippen molar-refractivity contribution < 1.29 is 0 Å². The Morgan fingerprint density at radius 1 is 1.14 bits per heavy atom. The molecular formula is C17H22N4. The lowest BCUT2D eigenvalue weighted by Crippen LogP contribution is -2.27. The Morgan fingerprint density at radius 2 is 2.00 bits per heavy atom. The van der Waals surface area contributed by atoms with E-state index in [2.05, 4.69) is 39.6 Å². The third kappa shape index (κ3) is 3.10. The lowest BCUT2D eigenvalue weighted by atomic mass is 10.2. The molecule has 1 unspecified atom stereocenters. The second kappa shape index (κ2) is 5.53. The summed E-state index contributed by atoms with van der Waals surface area (Å²) in [7, 11) is 0. The highest BCUT2D eigenvalue weighted by molar-refractivity contribution is 5.45. The van der Waals surface area contributed by atoms with Crippen LogP contribution in [-0.4, -0.2) is 39.9 Å².